The molecule has 1 atom stereocenters. The van der Waals surface area contributed by atoms with Crippen LogP contribution in [0.15, 0.2) is 12.3 Å². The predicted molar refractivity (Wildman–Crippen MR) is 62.9 cm³/mol. The van der Waals surface area contributed by atoms with Crippen molar-refractivity contribution >= 4 is 17.7 Å². The van der Waals surface area contributed by atoms with E-state index in [2.05, 4.69) is 10.3 Å². The number of halogens is 1. The molecule has 18 heavy (non-hydrogen) atoms. The lowest BCUT2D eigenvalue weighted by atomic mass is 10.2. The monoisotopic (exact) mass is 255 g/mol. The van der Waals surface area contributed by atoms with Gasteiger partial charge in [0.05, 0.1) is 0 Å². The van der Waals surface area contributed by atoms with Crippen LogP contribution in [-0.2, 0) is 4.79 Å². The topological polar surface area (TPSA) is 82.5 Å². The number of hydrogen-bond acceptors (Lipinski definition) is 4. The highest BCUT2D eigenvalue weighted by Crippen LogP contribution is 2.16. The van der Waals surface area contributed by atoms with Crippen LogP contribution in [0.4, 0.5) is 10.2 Å². The number of carboxylic acid groups (broad SMARTS) is 1. The van der Waals surface area contributed by atoms with Gasteiger partial charge >= 0.3 is 5.97 Å². The van der Waals surface area contributed by atoms with Gasteiger partial charge in [-0.2, -0.15) is 0 Å². The van der Waals surface area contributed by atoms with Gasteiger partial charge < -0.3 is 15.3 Å². The standard InChI is InChI=1S/C11H14FN3O3/c1-6(10(16)15(2)3)14-9-8(12)7(11(17)18)4-5-13-9/h4-6H,1-3H3,(H,13,14)(H,17,18). The summed E-state index contributed by atoms with van der Waals surface area (Å²) in [5.41, 5.74) is -0.489. The van der Waals surface area contributed by atoms with Crippen LogP contribution in [0.2, 0.25) is 0 Å². The van der Waals surface area contributed by atoms with Crippen molar-refractivity contribution in [1.82, 2.24) is 9.88 Å². The Labute approximate surface area is 103 Å². The fraction of sp³-hybridized carbons (Fsp3) is 0.364. The maximum absolute atomic E-state index is 13.7. The van der Waals surface area contributed by atoms with E-state index in [0.29, 0.717) is 0 Å². The Morgan fingerprint density at radius 2 is 2.11 bits per heavy atom. The molecule has 1 rings (SSSR count). The van der Waals surface area contributed by atoms with E-state index in [9.17, 15) is 14.0 Å². The Balaban J connectivity index is 2.95. The lowest BCUT2D eigenvalue weighted by Gasteiger charge is -2.18. The van der Waals surface area contributed by atoms with Crippen LogP contribution in [0, 0.1) is 5.82 Å². The maximum Gasteiger partial charge on any atom is 0.338 e. The summed E-state index contributed by atoms with van der Waals surface area (Å²) < 4.78 is 13.7. The molecule has 0 saturated heterocycles. The number of aromatic nitrogens is 1. The van der Waals surface area contributed by atoms with Gasteiger partial charge in [0.1, 0.15) is 11.6 Å². The van der Waals surface area contributed by atoms with Crippen molar-refractivity contribution in [1.29, 1.82) is 0 Å². The number of nitrogens with zero attached hydrogens (tertiary/aromatic N) is 2. The third kappa shape index (κ3) is 2.93. The molecule has 0 spiro atoms. The van der Waals surface area contributed by atoms with E-state index in [1.165, 1.54) is 18.0 Å². The van der Waals surface area contributed by atoms with E-state index in [1.807, 2.05) is 0 Å². The Bertz CT molecular complexity index is 477. The molecule has 0 aromatic carbocycles. The first-order chi connectivity index (χ1) is 8.34. The Morgan fingerprint density at radius 1 is 1.50 bits per heavy atom. The molecule has 0 aliphatic rings. The molecule has 0 radical (unpaired) electrons. The number of hydrogen-bond donors (Lipinski definition) is 2. The Kier molecular flexibility index (Phi) is 4.19. The summed E-state index contributed by atoms with van der Waals surface area (Å²) >= 11 is 0. The number of pyridine rings is 1. The highest BCUT2D eigenvalue weighted by molar-refractivity contribution is 5.89. The molecule has 6 nitrogen and oxygen atoms in total. The first kappa shape index (κ1) is 13.9. The molecule has 7 heteroatoms. The minimum atomic E-state index is -1.38. The average Bonchev–Trinajstić information content (AvgIpc) is 2.30. The Morgan fingerprint density at radius 3 is 2.61 bits per heavy atom. The number of amides is 1. The van der Waals surface area contributed by atoms with Crippen molar-refractivity contribution in [3.05, 3.63) is 23.6 Å². The van der Waals surface area contributed by atoms with Crippen LogP contribution < -0.4 is 5.32 Å². The van der Waals surface area contributed by atoms with Crippen LogP contribution in [-0.4, -0.2) is 47.0 Å². The molecule has 1 aromatic heterocycles. The normalized spacial score (nSPS) is 11.8. The van der Waals surface area contributed by atoms with Crippen molar-refractivity contribution in [2.75, 3.05) is 19.4 Å². The molecule has 1 heterocycles. The molecule has 0 fully saturated rings. The largest absolute Gasteiger partial charge is 0.478 e. The first-order valence-electron chi connectivity index (χ1n) is 5.20. The second kappa shape index (κ2) is 5.44. The van der Waals surface area contributed by atoms with Crippen LogP contribution >= 0.6 is 0 Å². The fourth-order valence-electron chi connectivity index (χ4n) is 1.36. The fourth-order valence-corrected chi connectivity index (χ4v) is 1.36. The van der Waals surface area contributed by atoms with Gasteiger partial charge in [0.25, 0.3) is 0 Å². The molecule has 0 aliphatic heterocycles. The zero-order chi connectivity index (χ0) is 13.9. The van der Waals surface area contributed by atoms with Crippen LogP contribution in [0.25, 0.3) is 0 Å². The number of carbonyl (C=O) groups is 2. The number of anilines is 1. The second-order valence-electron chi connectivity index (χ2n) is 3.92. The summed E-state index contributed by atoms with van der Waals surface area (Å²) in [6, 6.07) is 0.354. The average molecular weight is 255 g/mol. The molecular weight excluding hydrogens is 241 g/mol. The molecule has 1 unspecified atom stereocenters. The van der Waals surface area contributed by atoms with Crippen molar-refractivity contribution in [3.63, 3.8) is 0 Å². The molecule has 1 amide bonds. The number of carboxylic acids is 1. The zero-order valence-electron chi connectivity index (χ0n) is 10.3. The maximum atomic E-state index is 13.7. The smallest absolute Gasteiger partial charge is 0.338 e. The van der Waals surface area contributed by atoms with E-state index in [-0.39, 0.29) is 11.7 Å². The van der Waals surface area contributed by atoms with Gasteiger partial charge in [-0.15, -0.1) is 0 Å². The predicted octanol–water partition coefficient (Wildman–Crippen LogP) is 0.807. The third-order valence-corrected chi connectivity index (χ3v) is 2.28. The lowest BCUT2D eigenvalue weighted by molar-refractivity contribution is -0.129. The van der Waals surface area contributed by atoms with Gasteiger partial charge in [0, 0.05) is 20.3 Å². The first-order valence-corrected chi connectivity index (χ1v) is 5.20. The second-order valence-corrected chi connectivity index (χ2v) is 3.92. The van der Waals surface area contributed by atoms with Crippen molar-refractivity contribution < 1.29 is 19.1 Å². The quantitative estimate of drug-likeness (QED) is 0.831. The number of rotatable bonds is 4. The highest BCUT2D eigenvalue weighted by Gasteiger charge is 2.20. The minimum Gasteiger partial charge on any atom is -0.478 e. The van der Waals surface area contributed by atoms with E-state index < -0.39 is 23.4 Å². The summed E-state index contributed by atoms with van der Waals surface area (Å²) in [6.45, 7) is 1.54. The van der Waals surface area contributed by atoms with Gasteiger partial charge in [-0.05, 0) is 13.0 Å². The molecule has 0 aliphatic carbocycles. The van der Waals surface area contributed by atoms with Crippen molar-refractivity contribution in [3.8, 4) is 0 Å². The summed E-state index contributed by atoms with van der Waals surface area (Å²) in [5, 5.41) is 11.3. The molecule has 0 saturated carbocycles. The number of likely N-dealkylation sites (N-methyl/N-ethyl adjacent to an activating group) is 1. The van der Waals surface area contributed by atoms with Crippen LogP contribution in [0.1, 0.15) is 17.3 Å². The minimum absolute atomic E-state index is 0.252. The van der Waals surface area contributed by atoms with Gasteiger partial charge in [0.2, 0.25) is 5.91 Å². The van der Waals surface area contributed by atoms with E-state index in [1.54, 1.807) is 14.1 Å². The summed E-state index contributed by atoms with van der Waals surface area (Å²) in [5.74, 6) is -2.89. The SMILES string of the molecule is CC(Nc1nccc(C(=O)O)c1F)C(=O)N(C)C. The van der Waals surface area contributed by atoms with Crippen molar-refractivity contribution in [2.24, 2.45) is 0 Å². The molecule has 2 N–H and O–H groups in total. The molecular formula is C11H14FN3O3. The third-order valence-electron chi connectivity index (χ3n) is 2.28. The lowest BCUT2D eigenvalue weighted by Crippen LogP contribution is -2.37. The van der Waals surface area contributed by atoms with E-state index in [0.717, 1.165) is 6.07 Å². The van der Waals surface area contributed by atoms with E-state index in [4.69, 9.17) is 5.11 Å². The van der Waals surface area contributed by atoms with Crippen LogP contribution in [0.3, 0.4) is 0 Å². The molecule has 1 aromatic rings. The highest BCUT2D eigenvalue weighted by atomic mass is 19.1. The molecule has 98 valence electrons. The van der Waals surface area contributed by atoms with Gasteiger partial charge in [-0.3, -0.25) is 4.79 Å². The Hall–Kier alpha value is -2.18. The summed E-state index contributed by atoms with van der Waals surface area (Å²) in [7, 11) is 3.13. The van der Waals surface area contributed by atoms with Gasteiger partial charge in [0.15, 0.2) is 11.6 Å². The van der Waals surface area contributed by atoms with Crippen LogP contribution in [0.5, 0.6) is 0 Å². The van der Waals surface area contributed by atoms with Gasteiger partial charge in [-0.25, -0.2) is 14.2 Å². The number of aromatic carboxylic acids is 1. The summed E-state index contributed by atoms with van der Waals surface area (Å²) in [4.78, 5) is 27.3. The molecule has 0 bridgehead atoms. The summed E-state index contributed by atoms with van der Waals surface area (Å²) in [6.07, 6.45) is 1.17. The van der Waals surface area contributed by atoms with E-state index >= 15 is 0 Å². The van der Waals surface area contributed by atoms with Crippen molar-refractivity contribution in [2.45, 2.75) is 13.0 Å². The number of nitrogens with one attached hydrogen (secondary N) is 1. The zero-order valence-corrected chi connectivity index (χ0v) is 10.3. The van der Waals surface area contributed by atoms with Gasteiger partial charge in [-0.1, -0.05) is 0 Å². The number of carbonyl (C=O) groups excluding carboxylic acids is 1.